The van der Waals surface area contributed by atoms with Gasteiger partial charge in [-0.3, -0.25) is 9.36 Å². The lowest BCUT2D eigenvalue weighted by Gasteiger charge is -2.17. The first-order chi connectivity index (χ1) is 10.2. The van der Waals surface area contributed by atoms with Gasteiger partial charge in [-0.2, -0.15) is 5.26 Å². The van der Waals surface area contributed by atoms with Crippen LogP contribution in [0.3, 0.4) is 0 Å². The van der Waals surface area contributed by atoms with Gasteiger partial charge >= 0.3 is 0 Å². The maximum atomic E-state index is 12.6. The Morgan fingerprint density at radius 1 is 1.29 bits per heavy atom. The molecule has 0 radical (unpaired) electrons. The van der Waals surface area contributed by atoms with Crippen molar-refractivity contribution in [2.75, 3.05) is 0 Å². The SMILES string of the molecule is N#Cc1ccccc1Cn1c(Cl)nc2c(c1=O)CCCC2. The van der Waals surface area contributed by atoms with Gasteiger partial charge in [-0.25, -0.2) is 4.98 Å². The molecule has 0 aliphatic heterocycles. The average molecular weight is 300 g/mol. The first-order valence-electron chi connectivity index (χ1n) is 6.97. The van der Waals surface area contributed by atoms with Crippen LogP contribution in [0.2, 0.25) is 5.28 Å². The first kappa shape index (κ1) is 13.8. The molecule has 21 heavy (non-hydrogen) atoms. The number of aryl methyl sites for hydroxylation is 1. The predicted molar refractivity (Wildman–Crippen MR) is 80.4 cm³/mol. The summed E-state index contributed by atoms with van der Waals surface area (Å²) in [6.45, 7) is 0.279. The topological polar surface area (TPSA) is 58.7 Å². The quantitative estimate of drug-likeness (QED) is 0.801. The number of aromatic nitrogens is 2. The van der Waals surface area contributed by atoms with Gasteiger partial charge in [0.15, 0.2) is 0 Å². The van der Waals surface area contributed by atoms with E-state index in [0.29, 0.717) is 5.56 Å². The Balaban J connectivity index is 2.08. The van der Waals surface area contributed by atoms with Gasteiger partial charge in [-0.15, -0.1) is 0 Å². The highest BCUT2D eigenvalue weighted by Gasteiger charge is 2.19. The molecule has 106 valence electrons. The third-order valence-corrected chi connectivity index (χ3v) is 4.15. The van der Waals surface area contributed by atoms with E-state index in [2.05, 4.69) is 11.1 Å². The van der Waals surface area contributed by atoms with Crippen molar-refractivity contribution in [2.24, 2.45) is 0 Å². The number of benzene rings is 1. The summed E-state index contributed by atoms with van der Waals surface area (Å²) >= 11 is 6.18. The molecular formula is C16H14ClN3O. The van der Waals surface area contributed by atoms with E-state index in [1.54, 1.807) is 12.1 Å². The van der Waals surface area contributed by atoms with Crippen molar-refractivity contribution in [2.45, 2.75) is 32.2 Å². The largest absolute Gasteiger partial charge is 0.279 e. The van der Waals surface area contributed by atoms with Crippen LogP contribution in [0.5, 0.6) is 0 Å². The smallest absolute Gasteiger partial charge is 0.258 e. The van der Waals surface area contributed by atoms with Gasteiger partial charge in [0.2, 0.25) is 5.28 Å². The summed E-state index contributed by atoms with van der Waals surface area (Å²) in [7, 11) is 0. The number of nitriles is 1. The van der Waals surface area contributed by atoms with Crippen molar-refractivity contribution in [1.29, 1.82) is 5.26 Å². The summed E-state index contributed by atoms with van der Waals surface area (Å²) in [5.74, 6) is 0. The summed E-state index contributed by atoms with van der Waals surface area (Å²) in [6, 6.07) is 9.36. The van der Waals surface area contributed by atoms with E-state index in [4.69, 9.17) is 16.9 Å². The molecule has 1 aromatic heterocycles. The second-order valence-electron chi connectivity index (χ2n) is 5.17. The van der Waals surface area contributed by atoms with Crippen LogP contribution in [0.1, 0.15) is 35.2 Å². The van der Waals surface area contributed by atoms with Crippen LogP contribution in [0.4, 0.5) is 0 Å². The van der Waals surface area contributed by atoms with Crippen LogP contribution < -0.4 is 5.56 Å². The van der Waals surface area contributed by atoms with Crippen LogP contribution in [-0.4, -0.2) is 9.55 Å². The second-order valence-corrected chi connectivity index (χ2v) is 5.51. The third-order valence-electron chi connectivity index (χ3n) is 3.86. The fourth-order valence-corrected chi connectivity index (χ4v) is 2.97. The molecule has 0 N–H and O–H groups in total. The van der Waals surface area contributed by atoms with Gasteiger partial charge in [-0.05, 0) is 48.9 Å². The summed E-state index contributed by atoms with van der Waals surface area (Å²) < 4.78 is 1.46. The van der Waals surface area contributed by atoms with Gasteiger partial charge in [0.25, 0.3) is 5.56 Å². The molecule has 0 atom stereocenters. The predicted octanol–water partition coefficient (Wildman–Crippen LogP) is 2.70. The molecule has 0 bridgehead atoms. The monoisotopic (exact) mass is 299 g/mol. The highest BCUT2D eigenvalue weighted by atomic mass is 35.5. The number of nitrogens with zero attached hydrogens (tertiary/aromatic N) is 3. The second kappa shape index (κ2) is 5.71. The Morgan fingerprint density at radius 2 is 2.05 bits per heavy atom. The van der Waals surface area contributed by atoms with E-state index >= 15 is 0 Å². The van der Waals surface area contributed by atoms with Crippen molar-refractivity contribution in [3.63, 3.8) is 0 Å². The van der Waals surface area contributed by atoms with Crippen LogP contribution in [-0.2, 0) is 19.4 Å². The van der Waals surface area contributed by atoms with E-state index in [9.17, 15) is 4.79 Å². The van der Waals surface area contributed by atoms with Gasteiger partial charge < -0.3 is 0 Å². The molecule has 0 saturated carbocycles. The van der Waals surface area contributed by atoms with Gasteiger partial charge in [0.05, 0.1) is 23.9 Å². The van der Waals surface area contributed by atoms with E-state index in [-0.39, 0.29) is 17.4 Å². The Hall–Kier alpha value is -2.12. The number of fused-ring (bicyclic) bond motifs is 1. The minimum Gasteiger partial charge on any atom is -0.279 e. The van der Waals surface area contributed by atoms with Crippen LogP contribution in [0.25, 0.3) is 0 Å². The standard InChI is InChI=1S/C16H14ClN3O/c17-16-19-14-8-4-3-7-13(14)15(21)20(16)10-12-6-2-1-5-11(12)9-18/h1-2,5-6H,3-4,7-8,10H2. The minimum absolute atomic E-state index is 0.0718. The number of hydrogen-bond donors (Lipinski definition) is 0. The zero-order chi connectivity index (χ0) is 14.8. The molecular weight excluding hydrogens is 286 g/mol. The van der Waals surface area contributed by atoms with Crippen LogP contribution in [0, 0.1) is 11.3 Å². The average Bonchev–Trinajstić information content (AvgIpc) is 2.52. The Labute approximate surface area is 127 Å². The van der Waals surface area contributed by atoms with Crippen molar-refractivity contribution < 1.29 is 0 Å². The molecule has 2 aromatic rings. The third kappa shape index (κ3) is 2.57. The summed E-state index contributed by atoms with van der Waals surface area (Å²) in [6.07, 6.45) is 3.65. The molecule has 1 aliphatic carbocycles. The number of halogens is 1. The molecule has 1 heterocycles. The van der Waals surface area contributed by atoms with Gasteiger partial charge in [0.1, 0.15) is 0 Å². The molecule has 0 spiro atoms. The van der Waals surface area contributed by atoms with Crippen molar-refractivity contribution in [3.05, 3.63) is 62.3 Å². The lowest BCUT2D eigenvalue weighted by molar-refractivity contribution is 0.623. The molecule has 0 amide bonds. The van der Waals surface area contributed by atoms with Gasteiger partial charge in [0, 0.05) is 5.56 Å². The fourth-order valence-electron chi connectivity index (χ4n) is 2.74. The van der Waals surface area contributed by atoms with Crippen molar-refractivity contribution in [3.8, 4) is 6.07 Å². The number of hydrogen-bond acceptors (Lipinski definition) is 3. The van der Waals surface area contributed by atoms with Crippen LogP contribution in [0.15, 0.2) is 29.1 Å². The molecule has 0 saturated heterocycles. The maximum absolute atomic E-state index is 12.6. The molecule has 4 nitrogen and oxygen atoms in total. The molecule has 0 fully saturated rings. The Kier molecular flexibility index (Phi) is 3.76. The normalized spacial score (nSPS) is 13.5. The lowest BCUT2D eigenvalue weighted by atomic mass is 9.97. The van der Waals surface area contributed by atoms with Crippen molar-refractivity contribution in [1.82, 2.24) is 9.55 Å². The Bertz CT molecular complexity index is 789. The van der Waals surface area contributed by atoms with E-state index in [1.165, 1.54) is 4.57 Å². The van der Waals surface area contributed by atoms with E-state index in [1.807, 2.05) is 12.1 Å². The summed E-state index contributed by atoms with van der Waals surface area (Å²) in [4.78, 5) is 17.0. The fraction of sp³-hybridized carbons (Fsp3) is 0.312. The zero-order valence-electron chi connectivity index (χ0n) is 11.5. The lowest BCUT2D eigenvalue weighted by Crippen LogP contribution is -2.29. The maximum Gasteiger partial charge on any atom is 0.258 e. The molecule has 5 heteroatoms. The highest BCUT2D eigenvalue weighted by Crippen LogP contribution is 2.19. The highest BCUT2D eigenvalue weighted by molar-refractivity contribution is 6.28. The molecule has 3 rings (SSSR count). The van der Waals surface area contributed by atoms with E-state index < -0.39 is 0 Å². The van der Waals surface area contributed by atoms with E-state index in [0.717, 1.165) is 42.5 Å². The Morgan fingerprint density at radius 3 is 2.86 bits per heavy atom. The number of rotatable bonds is 2. The zero-order valence-corrected chi connectivity index (χ0v) is 12.2. The van der Waals surface area contributed by atoms with Gasteiger partial charge in [-0.1, -0.05) is 18.2 Å². The molecule has 1 aromatic carbocycles. The minimum atomic E-state index is -0.0718. The van der Waals surface area contributed by atoms with Crippen molar-refractivity contribution >= 4 is 11.6 Å². The first-order valence-corrected chi connectivity index (χ1v) is 7.34. The molecule has 1 aliphatic rings. The molecule has 0 unspecified atom stereocenters. The summed E-state index contributed by atoms with van der Waals surface area (Å²) in [5.41, 5.74) is 2.87. The van der Waals surface area contributed by atoms with Crippen LogP contribution >= 0.6 is 11.6 Å². The summed E-state index contributed by atoms with van der Waals surface area (Å²) in [5, 5.41) is 9.34.